The molecule has 0 heterocycles. The smallest absolute Gasteiger partial charge is 0.286 e. The number of nitro benzene ring substituents is 2. The summed E-state index contributed by atoms with van der Waals surface area (Å²) < 4.78 is 0. The molecular formula is C21H20ClN5O6. The number of amidine groups is 1. The third kappa shape index (κ3) is 5.32. The molecule has 2 aromatic carbocycles. The molecule has 0 aromatic heterocycles. The second-order valence-electron chi connectivity index (χ2n) is 7.51. The van der Waals surface area contributed by atoms with Crippen LogP contribution in [0.4, 0.5) is 11.4 Å². The van der Waals surface area contributed by atoms with Gasteiger partial charge >= 0.3 is 0 Å². The molecule has 2 N–H and O–H groups in total. The van der Waals surface area contributed by atoms with E-state index >= 15 is 0 Å². The summed E-state index contributed by atoms with van der Waals surface area (Å²) in [5.41, 5.74) is 0.411. The molecule has 33 heavy (non-hydrogen) atoms. The highest BCUT2D eigenvalue weighted by molar-refractivity contribution is 6.36. The van der Waals surface area contributed by atoms with Crippen LogP contribution in [0.15, 0.2) is 42.5 Å². The standard InChI is InChI=1S/C21H20ClN5O6/c22-18-16(11-15(26(30)31)12-17(18)27(32)33)20(28)24-25(19(23)13-7-3-1-4-8-13)21(29)14-9-5-2-6-10-14/h2,5-6,9-13,23H,1,3-4,7-8H2,(H,24,28). The van der Waals surface area contributed by atoms with Gasteiger partial charge in [0.15, 0.2) is 0 Å². The molecule has 172 valence electrons. The van der Waals surface area contributed by atoms with Crippen LogP contribution in [0, 0.1) is 31.6 Å². The van der Waals surface area contributed by atoms with E-state index in [1.807, 2.05) is 0 Å². The number of hydrogen-bond acceptors (Lipinski definition) is 7. The number of carbonyl (C=O) groups is 2. The summed E-state index contributed by atoms with van der Waals surface area (Å²) in [7, 11) is 0. The number of benzene rings is 2. The Kier molecular flexibility index (Phi) is 7.34. The predicted molar refractivity (Wildman–Crippen MR) is 119 cm³/mol. The van der Waals surface area contributed by atoms with Gasteiger partial charge < -0.3 is 0 Å². The molecule has 0 unspecified atom stereocenters. The molecule has 1 saturated carbocycles. The van der Waals surface area contributed by atoms with Crippen LogP contribution in [0.5, 0.6) is 0 Å². The van der Waals surface area contributed by atoms with E-state index in [4.69, 9.17) is 17.0 Å². The van der Waals surface area contributed by atoms with Crippen molar-refractivity contribution in [3.63, 3.8) is 0 Å². The number of rotatable bonds is 5. The average Bonchev–Trinajstić information content (AvgIpc) is 2.82. The summed E-state index contributed by atoms with van der Waals surface area (Å²) in [5, 5.41) is 31.2. The Labute approximate surface area is 193 Å². The van der Waals surface area contributed by atoms with Gasteiger partial charge in [-0.25, -0.2) is 5.01 Å². The molecule has 2 aromatic rings. The number of carbonyl (C=O) groups excluding carboxylic acids is 2. The van der Waals surface area contributed by atoms with Crippen LogP contribution in [0.2, 0.25) is 5.02 Å². The number of nitrogens with one attached hydrogen (secondary N) is 2. The summed E-state index contributed by atoms with van der Waals surface area (Å²) in [6.07, 6.45) is 4.08. The molecule has 0 atom stereocenters. The number of amides is 2. The number of hydrazine groups is 1. The van der Waals surface area contributed by atoms with Gasteiger partial charge in [0.1, 0.15) is 10.9 Å². The minimum Gasteiger partial charge on any atom is -0.286 e. The van der Waals surface area contributed by atoms with Crippen LogP contribution in [0.25, 0.3) is 0 Å². The van der Waals surface area contributed by atoms with E-state index in [0.29, 0.717) is 18.9 Å². The minimum absolute atomic E-state index is 0.132. The normalized spacial score (nSPS) is 13.7. The maximum atomic E-state index is 13.2. The van der Waals surface area contributed by atoms with Gasteiger partial charge in [-0.05, 0) is 25.0 Å². The summed E-state index contributed by atoms with van der Waals surface area (Å²) in [5.74, 6) is -2.18. The summed E-state index contributed by atoms with van der Waals surface area (Å²) in [4.78, 5) is 46.8. The molecule has 0 radical (unpaired) electrons. The van der Waals surface area contributed by atoms with Crippen LogP contribution in [-0.2, 0) is 0 Å². The summed E-state index contributed by atoms with van der Waals surface area (Å²) in [6.45, 7) is 0. The molecular weight excluding hydrogens is 454 g/mol. The van der Waals surface area contributed by atoms with E-state index in [0.717, 1.165) is 30.3 Å². The van der Waals surface area contributed by atoms with Gasteiger partial charge in [0, 0.05) is 17.5 Å². The highest BCUT2D eigenvalue weighted by Gasteiger charge is 2.32. The Balaban J connectivity index is 1.99. The first kappa shape index (κ1) is 23.8. The van der Waals surface area contributed by atoms with E-state index in [-0.39, 0.29) is 17.3 Å². The van der Waals surface area contributed by atoms with E-state index in [9.17, 15) is 29.8 Å². The molecule has 12 heteroatoms. The topological polar surface area (TPSA) is 160 Å². The van der Waals surface area contributed by atoms with Crippen molar-refractivity contribution < 1.29 is 19.4 Å². The molecule has 0 spiro atoms. The zero-order valence-electron chi connectivity index (χ0n) is 17.3. The van der Waals surface area contributed by atoms with Crippen LogP contribution in [-0.4, -0.2) is 32.5 Å². The van der Waals surface area contributed by atoms with Crippen molar-refractivity contribution in [3.8, 4) is 0 Å². The van der Waals surface area contributed by atoms with Crippen molar-refractivity contribution in [3.05, 3.63) is 78.8 Å². The van der Waals surface area contributed by atoms with Gasteiger partial charge in [-0.15, -0.1) is 0 Å². The SMILES string of the molecule is N=C(C1CCCCC1)N(NC(=O)c1cc([N+](=O)[O-])cc([N+](=O)[O-])c1Cl)C(=O)c1ccccc1. The molecule has 0 bridgehead atoms. The van der Waals surface area contributed by atoms with Crippen LogP contribution in [0.1, 0.15) is 52.8 Å². The maximum Gasteiger partial charge on any atom is 0.295 e. The Morgan fingerprint density at radius 1 is 1.03 bits per heavy atom. The van der Waals surface area contributed by atoms with Gasteiger partial charge in [0.25, 0.3) is 23.2 Å². The summed E-state index contributed by atoms with van der Waals surface area (Å²) >= 11 is 6.00. The lowest BCUT2D eigenvalue weighted by Crippen LogP contribution is -2.52. The van der Waals surface area contributed by atoms with Gasteiger partial charge in [-0.1, -0.05) is 49.1 Å². The fraction of sp³-hybridized carbons (Fsp3) is 0.286. The first-order chi connectivity index (χ1) is 15.7. The predicted octanol–water partition coefficient (Wildman–Crippen LogP) is 4.50. The molecule has 1 aliphatic rings. The molecule has 11 nitrogen and oxygen atoms in total. The van der Waals surface area contributed by atoms with Crippen molar-refractivity contribution >= 4 is 40.6 Å². The third-order valence-corrected chi connectivity index (χ3v) is 5.76. The lowest BCUT2D eigenvalue weighted by Gasteiger charge is -2.30. The van der Waals surface area contributed by atoms with Crippen molar-refractivity contribution in [1.82, 2.24) is 10.4 Å². The Morgan fingerprint density at radius 3 is 2.24 bits per heavy atom. The van der Waals surface area contributed by atoms with E-state index in [1.165, 1.54) is 12.1 Å². The second kappa shape index (κ2) is 10.2. The quantitative estimate of drug-likeness (QED) is 0.281. The first-order valence-electron chi connectivity index (χ1n) is 10.1. The zero-order valence-corrected chi connectivity index (χ0v) is 18.1. The highest BCUT2D eigenvalue weighted by Crippen LogP contribution is 2.33. The van der Waals surface area contributed by atoms with Gasteiger partial charge in [0.2, 0.25) is 0 Å². The summed E-state index contributed by atoms with van der Waals surface area (Å²) in [6, 6.07) is 9.42. The Hall–Kier alpha value is -3.86. The molecule has 0 saturated heterocycles. The lowest BCUT2D eigenvalue weighted by atomic mass is 9.88. The molecule has 1 aliphatic carbocycles. The average molecular weight is 474 g/mol. The van der Waals surface area contributed by atoms with E-state index in [2.05, 4.69) is 5.43 Å². The van der Waals surface area contributed by atoms with Crippen molar-refractivity contribution in [2.45, 2.75) is 32.1 Å². The molecule has 3 rings (SSSR count). The van der Waals surface area contributed by atoms with Crippen molar-refractivity contribution in [1.29, 1.82) is 5.41 Å². The van der Waals surface area contributed by atoms with E-state index < -0.39 is 43.6 Å². The first-order valence-corrected chi connectivity index (χ1v) is 10.5. The monoisotopic (exact) mass is 473 g/mol. The lowest BCUT2D eigenvalue weighted by molar-refractivity contribution is -0.394. The van der Waals surface area contributed by atoms with Crippen molar-refractivity contribution in [2.24, 2.45) is 5.92 Å². The van der Waals surface area contributed by atoms with E-state index in [1.54, 1.807) is 18.2 Å². The largest absolute Gasteiger partial charge is 0.295 e. The zero-order chi connectivity index (χ0) is 24.1. The van der Waals surface area contributed by atoms with Gasteiger partial charge in [-0.3, -0.25) is 40.7 Å². The van der Waals surface area contributed by atoms with Crippen LogP contribution in [0.3, 0.4) is 0 Å². The van der Waals surface area contributed by atoms with Gasteiger partial charge in [-0.2, -0.15) is 0 Å². The molecule has 2 amide bonds. The Bertz CT molecular complexity index is 1120. The van der Waals surface area contributed by atoms with Crippen LogP contribution >= 0.6 is 11.6 Å². The second-order valence-corrected chi connectivity index (χ2v) is 7.89. The van der Waals surface area contributed by atoms with Gasteiger partial charge in [0.05, 0.1) is 21.5 Å². The molecule has 1 fully saturated rings. The fourth-order valence-electron chi connectivity index (χ4n) is 3.65. The van der Waals surface area contributed by atoms with Crippen LogP contribution < -0.4 is 5.43 Å². The van der Waals surface area contributed by atoms with Crippen molar-refractivity contribution in [2.75, 3.05) is 0 Å². The maximum absolute atomic E-state index is 13.2. The number of hydrogen-bond donors (Lipinski definition) is 2. The number of non-ortho nitro benzene ring substituents is 1. The fourth-order valence-corrected chi connectivity index (χ4v) is 3.91. The Morgan fingerprint density at radius 2 is 1.67 bits per heavy atom. The minimum atomic E-state index is -1.09. The molecule has 0 aliphatic heterocycles. The number of nitrogens with zero attached hydrogens (tertiary/aromatic N) is 3. The highest BCUT2D eigenvalue weighted by atomic mass is 35.5. The number of halogens is 1. The number of nitro groups is 2. The third-order valence-electron chi connectivity index (χ3n) is 5.36.